The second-order valence-corrected chi connectivity index (χ2v) is 7.84. The fourth-order valence-corrected chi connectivity index (χ4v) is 4.39. The lowest BCUT2D eigenvalue weighted by molar-refractivity contribution is -0.140. The van der Waals surface area contributed by atoms with E-state index in [-0.39, 0.29) is 18.4 Å². The Balaban J connectivity index is 1.63. The quantitative estimate of drug-likeness (QED) is 0.803. The number of rotatable bonds is 3. The van der Waals surface area contributed by atoms with Crippen molar-refractivity contribution in [3.63, 3.8) is 0 Å². The fourth-order valence-electron chi connectivity index (χ4n) is 4.39. The van der Waals surface area contributed by atoms with E-state index in [2.05, 4.69) is 19.2 Å². The van der Waals surface area contributed by atoms with Gasteiger partial charge in [0.05, 0.1) is 0 Å². The van der Waals surface area contributed by atoms with Gasteiger partial charge < -0.3 is 10.2 Å². The molecule has 0 aromatic rings. The Kier molecular flexibility index (Phi) is 4.83. The molecule has 2 saturated heterocycles. The molecule has 0 bridgehead atoms. The minimum absolute atomic E-state index is 0.107. The van der Waals surface area contributed by atoms with Gasteiger partial charge in [0.25, 0.3) is 5.91 Å². The van der Waals surface area contributed by atoms with Gasteiger partial charge in [-0.15, -0.1) is 0 Å². The molecule has 3 aliphatic rings. The van der Waals surface area contributed by atoms with Crippen LogP contribution in [0, 0.1) is 11.8 Å². The Morgan fingerprint density at radius 3 is 2.58 bits per heavy atom. The first-order chi connectivity index (χ1) is 11.4. The monoisotopic (exact) mass is 335 g/mol. The molecule has 1 atom stereocenters. The molecule has 6 nitrogen and oxygen atoms in total. The molecule has 1 N–H and O–H groups in total. The van der Waals surface area contributed by atoms with E-state index < -0.39 is 11.6 Å². The molecule has 3 rings (SSSR count). The zero-order valence-corrected chi connectivity index (χ0v) is 14.8. The summed E-state index contributed by atoms with van der Waals surface area (Å²) in [6.45, 7) is 5.65. The maximum absolute atomic E-state index is 12.8. The van der Waals surface area contributed by atoms with Gasteiger partial charge in [0.2, 0.25) is 5.91 Å². The number of likely N-dealkylation sites (tertiary alicyclic amines) is 1. The number of carbonyl (C=O) groups is 3. The molecule has 2 heterocycles. The van der Waals surface area contributed by atoms with E-state index in [0.717, 1.165) is 50.1 Å². The summed E-state index contributed by atoms with van der Waals surface area (Å²) in [4.78, 5) is 40.6. The number of nitrogens with one attached hydrogen (secondary N) is 1. The topological polar surface area (TPSA) is 69.7 Å². The van der Waals surface area contributed by atoms with Crippen LogP contribution < -0.4 is 5.32 Å². The van der Waals surface area contributed by atoms with Crippen molar-refractivity contribution in [1.82, 2.24) is 15.1 Å². The lowest BCUT2D eigenvalue weighted by Crippen LogP contribution is -2.50. The van der Waals surface area contributed by atoms with Crippen molar-refractivity contribution < 1.29 is 14.4 Å². The van der Waals surface area contributed by atoms with Crippen LogP contribution in [0.1, 0.15) is 58.8 Å². The van der Waals surface area contributed by atoms with Gasteiger partial charge in [-0.25, -0.2) is 4.79 Å². The first-order valence-corrected chi connectivity index (χ1v) is 9.37. The second-order valence-electron chi connectivity index (χ2n) is 7.84. The molecule has 0 aromatic carbocycles. The van der Waals surface area contributed by atoms with E-state index in [1.54, 1.807) is 4.90 Å². The number of urea groups is 1. The summed E-state index contributed by atoms with van der Waals surface area (Å²) in [5, 5.41) is 2.90. The number of carbonyl (C=O) groups excluding carboxylic acids is 3. The molecule has 1 unspecified atom stereocenters. The van der Waals surface area contributed by atoms with Crippen molar-refractivity contribution in [2.24, 2.45) is 11.8 Å². The van der Waals surface area contributed by atoms with Crippen LogP contribution in [0.5, 0.6) is 0 Å². The normalized spacial score (nSPS) is 33.9. The highest BCUT2D eigenvalue weighted by molar-refractivity contribution is 6.09. The summed E-state index contributed by atoms with van der Waals surface area (Å²) in [6.07, 6.45) is 6.57. The molecular formula is C18H29N3O3. The number of amides is 4. The third-order valence-electron chi connectivity index (χ3n) is 6.09. The average molecular weight is 335 g/mol. The first-order valence-electron chi connectivity index (χ1n) is 9.37. The summed E-state index contributed by atoms with van der Waals surface area (Å²) >= 11 is 0. The van der Waals surface area contributed by atoms with Crippen LogP contribution in [0.2, 0.25) is 0 Å². The van der Waals surface area contributed by atoms with E-state index in [9.17, 15) is 14.4 Å². The summed E-state index contributed by atoms with van der Waals surface area (Å²) in [7, 11) is 0. The van der Waals surface area contributed by atoms with E-state index in [0.29, 0.717) is 24.7 Å². The largest absolute Gasteiger partial charge is 0.341 e. The molecular weight excluding hydrogens is 306 g/mol. The highest BCUT2D eigenvalue weighted by Crippen LogP contribution is 2.37. The molecule has 2 aliphatic heterocycles. The van der Waals surface area contributed by atoms with Crippen molar-refractivity contribution >= 4 is 17.8 Å². The molecule has 3 fully saturated rings. The third-order valence-corrected chi connectivity index (χ3v) is 6.09. The Labute approximate surface area is 143 Å². The van der Waals surface area contributed by atoms with Gasteiger partial charge >= 0.3 is 6.03 Å². The van der Waals surface area contributed by atoms with Crippen molar-refractivity contribution in [2.45, 2.75) is 64.3 Å². The first kappa shape index (κ1) is 17.2. The van der Waals surface area contributed by atoms with Gasteiger partial charge in [-0.2, -0.15) is 0 Å². The zero-order chi connectivity index (χ0) is 17.3. The molecule has 1 saturated carbocycles. The van der Waals surface area contributed by atoms with Crippen LogP contribution >= 0.6 is 0 Å². The molecule has 4 amide bonds. The lowest BCUT2D eigenvalue weighted by Gasteiger charge is -2.35. The number of piperidine rings is 1. The van der Waals surface area contributed by atoms with Gasteiger partial charge in [-0.05, 0) is 50.4 Å². The Hall–Kier alpha value is -1.59. The van der Waals surface area contributed by atoms with Gasteiger partial charge in [0.15, 0.2) is 0 Å². The van der Waals surface area contributed by atoms with Crippen LogP contribution in [0.15, 0.2) is 0 Å². The SMILES string of the molecule is CCC1CCC2(CC1)NC(=O)N(CC(=O)N1CCCC(C)C1)C2=O. The Morgan fingerprint density at radius 2 is 1.96 bits per heavy atom. The van der Waals surface area contributed by atoms with Crippen LogP contribution in [-0.4, -0.2) is 52.8 Å². The van der Waals surface area contributed by atoms with Crippen molar-refractivity contribution in [1.29, 1.82) is 0 Å². The van der Waals surface area contributed by atoms with E-state index in [1.165, 1.54) is 0 Å². The van der Waals surface area contributed by atoms with E-state index >= 15 is 0 Å². The van der Waals surface area contributed by atoms with Crippen LogP contribution in [0.25, 0.3) is 0 Å². The zero-order valence-electron chi connectivity index (χ0n) is 14.8. The summed E-state index contributed by atoms with van der Waals surface area (Å²) in [6, 6.07) is -0.395. The maximum Gasteiger partial charge on any atom is 0.325 e. The number of hydrogen-bond acceptors (Lipinski definition) is 3. The summed E-state index contributed by atoms with van der Waals surface area (Å²) < 4.78 is 0. The number of nitrogens with zero attached hydrogens (tertiary/aromatic N) is 2. The highest BCUT2D eigenvalue weighted by atomic mass is 16.2. The number of imide groups is 1. The Bertz CT molecular complexity index is 526. The second kappa shape index (κ2) is 6.73. The van der Waals surface area contributed by atoms with E-state index in [1.807, 2.05) is 0 Å². The lowest BCUT2D eigenvalue weighted by atomic mass is 9.75. The minimum atomic E-state index is -0.752. The molecule has 134 valence electrons. The number of hydrogen-bond donors (Lipinski definition) is 1. The highest BCUT2D eigenvalue weighted by Gasteiger charge is 2.52. The van der Waals surface area contributed by atoms with Gasteiger partial charge in [-0.3, -0.25) is 14.5 Å². The third kappa shape index (κ3) is 3.15. The van der Waals surface area contributed by atoms with E-state index in [4.69, 9.17) is 0 Å². The van der Waals surface area contributed by atoms with Gasteiger partial charge in [0, 0.05) is 13.1 Å². The Morgan fingerprint density at radius 1 is 1.25 bits per heavy atom. The van der Waals surface area contributed by atoms with Gasteiger partial charge in [-0.1, -0.05) is 20.3 Å². The van der Waals surface area contributed by atoms with Crippen molar-refractivity contribution in [2.75, 3.05) is 19.6 Å². The van der Waals surface area contributed by atoms with Crippen LogP contribution in [0.3, 0.4) is 0 Å². The van der Waals surface area contributed by atoms with Crippen molar-refractivity contribution in [3.05, 3.63) is 0 Å². The fraction of sp³-hybridized carbons (Fsp3) is 0.833. The molecule has 1 spiro atoms. The van der Waals surface area contributed by atoms with Crippen molar-refractivity contribution in [3.8, 4) is 0 Å². The van der Waals surface area contributed by atoms with Crippen LogP contribution in [0.4, 0.5) is 4.79 Å². The predicted octanol–water partition coefficient (Wildman–Crippen LogP) is 2.14. The molecule has 24 heavy (non-hydrogen) atoms. The predicted molar refractivity (Wildman–Crippen MR) is 90.2 cm³/mol. The maximum atomic E-state index is 12.8. The molecule has 0 radical (unpaired) electrons. The standard InChI is InChI=1S/C18H29N3O3/c1-3-14-6-8-18(9-7-14)16(23)21(17(24)19-18)12-15(22)20-10-4-5-13(2)11-20/h13-14H,3-12H2,1-2H3,(H,19,24). The summed E-state index contributed by atoms with van der Waals surface area (Å²) in [5.41, 5.74) is -0.752. The minimum Gasteiger partial charge on any atom is -0.341 e. The molecule has 1 aliphatic carbocycles. The summed E-state index contributed by atoms with van der Waals surface area (Å²) in [5.74, 6) is 0.831. The molecule has 6 heteroatoms. The molecule has 0 aromatic heterocycles. The average Bonchev–Trinajstić information content (AvgIpc) is 2.80. The van der Waals surface area contributed by atoms with Gasteiger partial charge in [0.1, 0.15) is 12.1 Å². The van der Waals surface area contributed by atoms with Crippen LogP contribution in [-0.2, 0) is 9.59 Å². The smallest absolute Gasteiger partial charge is 0.325 e.